The van der Waals surface area contributed by atoms with Gasteiger partial charge in [0, 0.05) is 43.5 Å². The highest BCUT2D eigenvalue weighted by Crippen LogP contribution is 2.34. The number of hydrogen-bond acceptors (Lipinski definition) is 7. The van der Waals surface area contributed by atoms with Crippen LogP contribution in [0, 0.1) is 0 Å². The summed E-state index contributed by atoms with van der Waals surface area (Å²) in [5.74, 6) is 3.19. The molecule has 2 fully saturated rings. The van der Waals surface area contributed by atoms with Gasteiger partial charge in [-0.25, -0.2) is 4.98 Å². The van der Waals surface area contributed by atoms with Gasteiger partial charge in [-0.3, -0.25) is 4.79 Å². The van der Waals surface area contributed by atoms with Crippen LogP contribution in [0.5, 0.6) is 11.5 Å². The van der Waals surface area contributed by atoms with Crippen molar-refractivity contribution in [1.82, 2.24) is 24.5 Å². The Hall–Kier alpha value is -4.14. The van der Waals surface area contributed by atoms with Crippen LogP contribution in [-0.2, 0) is 0 Å². The Morgan fingerprint density at radius 1 is 0.868 bits per heavy atom. The molecule has 0 bridgehead atoms. The first-order valence-electron chi connectivity index (χ1n) is 13.5. The number of rotatable bonds is 4. The van der Waals surface area contributed by atoms with Gasteiger partial charge < -0.3 is 19.3 Å². The molecule has 1 aliphatic carbocycles. The summed E-state index contributed by atoms with van der Waals surface area (Å²) < 4.78 is 12.6. The number of carbonyl (C=O) groups excluding carboxylic acids is 1. The normalized spacial score (nSPS) is 17.8. The average Bonchev–Trinajstić information content (AvgIpc) is 3.64. The highest BCUT2D eigenvalue weighted by atomic mass is 16.7. The first-order valence-corrected chi connectivity index (χ1v) is 13.5. The Morgan fingerprint density at radius 3 is 2.47 bits per heavy atom. The number of benzene rings is 2. The van der Waals surface area contributed by atoms with E-state index in [9.17, 15) is 4.79 Å². The second-order valence-electron chi connectivity index (χ2n) is 10.3. The van der Waals surface area contributed by atoms with Gasteiger partial charge in [0.05, 0.1) is 5.69 Å². The molecule has 3 aliphatic rings. The standard InChI is InChI=1S/C29H30N6O3/c36-27(23-10-11-25-26(18-23)38-19-37-25)33-14-16-34(17-15-33)29-31-28-30-13-12-24(35(28)32-29)22-8-6-21(7-9-22)20-4-2-1-3-5-20/h6-13,18,20H,1-5,14-17,19H2. The van der Waals surface area contributed by atoms with Crippen LogP contribution in [0.15, 0.2) is 54.7 Å². The zero-order chi connectivity index (χ0) is 25.5. The highest BCUT2D eigenvalue weighted by molar-refractivity contribution is 5.95. The number of ether oxygens (including phenoxy) is 2. The van der Waals surface area contributed by atoms with E-state index in [4.69, 9.17) is 19.6 Å². The van der Waals surface area contributed by atoms with Crippen LogP contribution in [0.4, 0.5) is 5.95 Å². The summed E-state index contributed by atoms with van der Waals surface area (Å²) in [5.41, 5.74) is 4.12. The number of amides is 1. The fourth-order valence-electron chi connectivity index (χ4n) is 5.82. The number of anilines is 1. The van der Waals surface area contributed by atoms with Crippen LogP contribution in [0.3, 0.4) is 0 Å². The molecule has 0 unspecified atom stereocenters. The smallest absolute Gasteiger partial charge is 0.254 e. The maximum atomic E-state index is 13.1. The summed E-state index contributed by atoms with van der Waals surface area (Å²) in [6.07, 6.45) is 8.41. The van der Waals surface area contributed by atoms with E-state index in [1.54, 1.807) is 24.4 Å². The predicted octanol–water partition coefficient (Wildman–Crippen LogP) is 4.53. The Labute approximate surface area is 221 Å². The Kier molecular flexibility index (Phi) is 5.83. The molecule has 0 radical (unpaired) electrons. The van der Waals surface area contributed by atoms with Crippen LogP contribution in [-0.4, -0.2) is 63.4 Å². The van der Waals surface area contributed by atoms with Crippen LogP contribution in [0.1, 0.15) is 53.9 Å². The van der Waals surface area contributed by atoms with Gasteiger partial charge in [0.1, 0.15) is 0 Å². The molecule has 38 heavy (non-hydrogen) atoms. The zero-order valence-corrected chi connectivity index (χ0v) is 21.3. The van der Waals surface area contributed by atoms with Crippen molar-refractivity contribution in [3.8, 4) is 22.8 Å². The summed E-state index contributed by atoms with van der Waals surface area (Å²) in [6, 6.07) is 16.3. The molecule has 2 aromatic heterocycles. The fraction of sp³-hybridized carbons (Fsp3) is 0.379. The quantitative estimate of drug-likeness (QED) is 0.399. The molecule has 0 atom stereocenters. The number of carbonyl (C=O) groups is 1. The van der Waals surface area contributed by atoms with Crippen molar-refractivity contribution in [3.05, 3.63) is 65.9 Å². The van der Waals surface area contributed by atoms with Crippen LogP contribution in [0.2, 0.25) is 0 Å². The van der Waals surface area contributed by atoms with E-state index in [0.717, 1.165) is 11.3 Å². The van der Waals surface area contributed by atoms with Gasteiger partial charge in [-0.2, -0.15) is 9.50 Å². The molecule has 2 aromatic carbocycles. The van der Waals surface area contributed by atoms with Crippen LogP contribution < -0.4 is 14.4 Å². The van der Waals surface area contributed by atoms with E-state index in [0.29, 0.717) is 60.9 Å². The monoisotopic (exact) mass is 510 g/mol. The molecular formula is C29H30N6O3. The minimum atomic E-state index is -0.00784. The predicted molar refractivity (Wildman–Crippen MR) is 143 cm³/mol. The number of aromatic nitrogens is 4. The van der Waals surface area contributed by atoms with Gasteiger partial charge in [0.15, 0.2) is 11.5 Å². The topological polar surface area (TPSA) is 85.1 Å². The summed E-state index contributed by atoms with van der Waals surface area (Å²) in [4.78, 5) is 26.2. The Morgan fingerprint density at radius 2 is 1.66 bits per heavy atom. The van der Waals surface area contributed by atoms with E-state index in [1.807, 2.05) is 15.5 Å². The van der Waals surface area contributed by atoms with Gasteiger partial charge >= 0.3 is 0 Å². The van der Waals surface area contributed by atoms with Crippen molar-refractivity contribution in [2.75, 3.05) is 37.9 Å². The third-order valence-electron chi connectivity index (χ3n) is 7.98. The lowest BCUT2D eigenvalue weighted by Crippen LogP contribution is -2.49. The molecule has 2 aliphatic heterocycles. The minimum Gasteiger partial charge on any atom is -0.454 e. The van der Waals surface area contributed by atoms with Gasteiger partial charge in [-0.1, -0.05) is 43.5 Å². The largest absolute Gasteiger partial charge is 0.454 e. The summed E-state index contributed by atoms with van der Waals surface area (Å²) in [5, 5.41) is 4.83. The molecule has 1 saturated carbocycles. The third-order valence-corrected chi connectivity index (χ3v) is 7.98. The van der Waals surface area contributed by atoms with Crippen molar-refractivity contribution in [2.24, 2.45) is 0 Å². The molecule has 9 nitrogen and oxygen atoms in total. The number of nitrogens with zero attached hydrogens (tertiary/aromatic N) is 6. The van der Waals surface area contributed by atoms with Gasteiger partial charge in [0.2, 0.25) is 12.7 Å². The second-order valence-corrected chi connectivity index (χ2v) is 10.3. The van der Waals surface area contributed by atoms with Crippen molar-refractivity contribution in [1.29, 1.82) is 0 Å². The highest BCUT2D eigenvalue weighted by Gasteiger charge is 2.26. The van der Waals surface area contributed by atoms with Crippen molar-refractivity contribution in [3.63, 3.8) is 0 Å². The van der Waals surface area contributed by atoms with E-state index < -0.39 is 0 Å². The molecule has 194 valence electrons. The van der Waals surface area contributed by atoms with Gasteiger partial charge in [0.25, 0.3) is 11.7 Å². The SMILES string of the molecule is O=C(c1ccc2c(c1)OCO2)N1CCN(c2nc3nccc(-c4ccc(C5CCCCC5)cc4)n3n2)CC1. The van der Waals surface area contributed by atoms with Crippen LogP contribution >= 0.6 is 0 Å². The first-order chi connectivity index (χ1) is 18.7. The number of piperazine rings is 1. The van der Waals surface area contributed by atoms with Gasteiger partial charge in [-0.15, -0.1) is 5.10 Å². The molecule has 1 amide bonds. The second kappa shape index (κ2) is 9.63. The Balaban J connectivity index is 1.06. The average molecular weight is 511 g/mol. The molecule has 4 heterocycles. The van der Waals surface area contributed by atoms with E-state index in [-0.39, 0.29) is 12.7 Å². The maximum absolute atomic E-state index is 13.1. The van der Waals surface area contributed by atoms with Crippen molar-refractivity contribution >= 4 is 17.6 Å². The first kappa shape index (κ1) is 23.0. The Bertz CT molecular complexity index is 1470. The van der Waals surface area contributed by atoms with E-state index >= 15 is 0 Å². The molecule has 0 N–H and O–H groups in total. The van der Waals surface area contributed by atoms with Gasteiger partial charge in [-0.05, 0) is 48.6 Å². The molecule has 7 rings (SSSR count). The number of hydrogen-bond donors (Lipinski definition) is 0. The molecule has 9 heteroatoms. The zero-order valence-electron chi connectivity index (χ0n) is 21.3. The summed E-state index contributed by atoms with van der Waals surface area (Å²) in [6.45, 7) is 2.68. The molecular weight excluding hydrogens is 480 g/mol. The van der Waals surface area contributed by atoms with Crippen LogP contribution in [0.25, 0.3) is 17.0 Å². The van der Waals surface area contributed by atoms with E-state index in [2.05, 4.69) is 34.1 Å². The third kappa shape index (κ3) is 4.21. The molecule has 4 aromatic rings. The lowest BCUT2D eigenvalue weighted by atomic mass is 9.84. The van der Waals surface area contributed by atoms with Crippen molar-refractivity contribution < 1.29 is 14.3 Å². The van der Waals surface area contributed by atoms with Crippen molar-refractivity contribution in [2.45, 2.75) is 38.0 Å². The minimum absolute atomic E-state index is 0.00784. The molecule has 1 saturated heterocycles. The van der Waals surface area contributed by atoms with E-state index in [1.165, 1.54) is 37.7 Å². The maximum Gasteiger partial charge on any atom is 0.254 e. The lowest BCUT2D eigenvalue weighted by molar-refractivity contribution is 0.0746. The summed E-state index contributed by atoms with van der Waals surface area (Å²) >= 11 is 0. The fourth-order valence-corrected chi connectivity index (χ4v) is 5.82. The molecule has 0 spiro atoms. The number of fused-ring (bicyclic) bond motifs is 2. The lowest BCUT2D eigenvalue weighted by Gasteiger charge is -2.34. The summed E-state index contributed by atoms with van der Waals surface area (Å²) in [7, 11) is 0.